The first-order valence-electron chi connectivity index (χ1n) is 9.51. The summed E-state index contributed by atoms with van der Waals surface area (Å²) in [6, 6.07) is 10.4. The summed E-state index contributed by atoms with van der Waals surface area (Å²) in [7, 11) is 0. The Labute approximate surface area is 150 Å². The standard InChI is InChI=1S/C20H29N3O2/c1-16(18-10-11-18)23(15-17-7-3-2-4-8-17)20(25)21-12-6-14-22-13-5-9-19(22)24/h2-4,7-8,16,18H,5-6,9-15H2,1H3,(H,21,25)/t16-/m1/s1. The highest BCUT2D eigenvalue weighted by atomic mass is 16.2. The molecule has 1 aromatic carbocycles. The Morgan fingerprint density at radius 2 is 2.08 bits per heavy atom. The Balaban J connectivity index is 1.49. The first-order valence-corrected chi connectivity index (χ1v) is 9.51. The van der Waals surface area contributed by atoms with E-state index in [4.69, 9.17) is 0 Å². The van der Waals surface area contributed by atoms with Crippen molar-refractivity contribution in [2.75, 3.05) is 19.6 Å². The van der Waals surface area contributed by atoms with Crippen LogP contribution in [0.15, 0.2) is 30.3 Å². The third kappa shape index (κ3) is 4.97. The number of hydrogen-bond acceptors (Lipinski definition) is 2. The van der Waals surface area contributed by atoms with Crippen molar-refractivity contribution in [1.29, 1.82) is 0 Å². The molecule has 1 aromatic rings. The molecule has 0 spiro atoms. The molecule has 1 aliphatic carbocycles. The molecule has 2 aliphatic rings. The van der Waals surface area contributed by atoms with Crippen molar-refractivity contribution >= 4 is 11.9 Å². The van der Waals surface area contributed by atoms with Crippen molar-refractivity contribution in [3.63, 3.8) is 0 Å². The van der Waals surface area contributed by atoms with Gasteiger partial charge in [0.05, 0.1) is 0 Å². The van der Waals surface area contributed by atoms with Crippen molar-refractivity contribution in [1.82, 2.24) is 15.1 Å². The van der Waals surface area contributed by atoms with Gasteiger partial charge in [-0.05, 0) is 44.1 Å². The molecule has 0 aromatic heterocycles. The summed E-state index contributed by atoms with van der Waals surface area (Å²) in [5.74, 6) is 0.885. The minimum Gasteiger partial charge on any atom is -0.343 e. The summed E-state index contributed by atoms with van der Waals surface area (Å²) in [6.45, 7) is 5.03. The predicted octanol–water partition coefficient (Wildman–Crippen LogP) is 3.01. The molecule has 0 radical (unpaired) electrons. The number of carbonyl (C=O) groups is 2. The Bertz CT molecular complexity index is 586. The van der Waals surface area contributed by atoms with Crippen molar-refractivity contribution in [2.24, 2.45) is 5.92 Å². The van der Waals surface area contributed by atoms with Crippen LogP contribution in [0.25, 0.3) is 0 Å². The molecule has 25 heavy (non-hydrogen) atoms. The molecule has 5 heteroatoms. The average molecular weight is 343 g/mol. The Kier molecular flexibility index (Phi) is 5.95. The second-order valence-electron chi connectivity index (χ2n) is 7.26. The van der Waals surface area contributed by atoms with Gasteiger partial charge < -0.3 is 15.1 Å². The van der Waals surface area contributed by atoms with Gasteiger partial charge in [-0.25, -0.2) is 4.79 Å². The van der Waals surface area contributed by atoms with Gasteiger partial charge in [0.15, 0.2) is 0 Å². The highest BCUT2D eigenvalue weighted by Gasteiger charge is 2.34. The summed E-state index contributed by atoms with van der Waals surface area (Å²) in [6.07, 6.45) is 4.90. The van der Waals surface area contributed by atoms with Gasteiger partial charge in [-0.1, -0.05) is 30.3 Å². The predicted molar refractivity (Wildman–Crippen MR) is 98.0 cm³/mol. The minimum atomic E-state index is 0.0102. The van der Waals surface area contributed by atoms with Crippen molar-refractivity contribution < 1.29 is 9.59 Å². The van der Waals surface area contributed by atoms with Crippen molar-refractivity contribution in [3.05, 3.63) is 35.9 Å². The smallest absolute Gasteiger partial charge is 0.317 e. The molecule has 0 unspecified atom stereocenters. The fourth-order valence-electron chi connectivity index (χ4n) is 3.52. The number of benzene rings is 1. The van der Waals surface area contributed by atoms with E-state index in [9.17, 15) is 9.59 Å². The van der Waals surface area contributed by atoms with E-state index in [0.717, 1.165) is 31.5 Å². The number of rotatable bonds is 8. The number of amides is 3. The molecule has 1 atom stereocenters. The van der Waals surface area contributed by atoms with E-state index in [-0.39, 0.29) is 18.0 Å². The van der Waals surface area contributed by atoms with Crippen LogP contribution >= 0.6 is 0 Å². The normalized spacial score (nSPS) is 18.3. The number of nitrogens with one attached hydrogen (secondary N) is 1. The molecular formula is C20H29N3O2. The van der Waals surface area contributed by atoms with Gasteiger partial charge in [0, 0.05) is 38.6 Å². The van der Waals surface area contributed by atoms with E-state index < -0.39 is 0 Å². The van der Waals surface area contributed by atoms with E-state index in [0.29, 0.717) is 25.4 Å². The van der Waals surface area contributed by atoms with E-state index in [2.05, 4.69) is 24.4 Å². The van der Waals surface area contributed by atoms with Crippen LogP contribution in [0.4, 0.5) is 4.79 Å². The lowest BCUT2D eigenvalue weighted by molar-refractivity contribution is -0.127. The van der Waals surface area contributed by atoms with Crippen LogP contribution < -0.4 is 5.32 Å². The maximum Gasteiger partial charge on any atom is 0.317 e. The van der Waals surface area contributed by atoms with Crippen molar-refractivity contribution in [2.45, 2.75) is 51.6 Å². The third-order valence-corrected chi connectivity index (χ3v) is 5.30. The molecule has 1 aliphatic heterocycles. The summed E-state index contributed by atoms with van der Waals surface area (Å²) in [5, 5.41) is 3.05. The lowest BCUT2D eigenvalue weighted by Gasteiger charge is -2.30. The fraction of sp³-hybridized carbons (Fsp3) is 0.600. The minimum absolute atomic E-state index is 0.0102. The number of hydrogen-bond donors (Lipinski definition) is 1. The van der Waals surface area contributed by atoms with Crippen LogP contribution in [0.1, 0.15) is 44.6 Å². The van der Waals surface area contributed by atoms with E-state index in [1.54, 1.807) is 0 Å². The lowest BCUT2D eigenvalue weighted by atomic mass is 10.1. The molecule has 136 valence electrons. The summed E-state index contributed by atoms with van der Waals surface area (Å²) < 4.78 is 0. The fourth-order valence-corrected chi connectivity index (χ4v) is 3.52. The van der Waals surface area contributed by atoms with Crippen LogP contribution in [0.3, 0.4) is 0 Å². The summed E-state index contributed by atoms with van der Waals surface area (Å²) >= 11 is 0. The largest absolute Gasteiger partial charge is 0.343 e. The van der Waals surface area contributed by atoms with Gasteiger partial charge in [0.25, 0.3) is 0 Å². The lowest BCUT2D eigenvalue weighted by Crippen LogP contribution is -2.46. The molecule has 2 fully saturated rings. The number of likely N-dealkylation sites (tertiary alicyclic amines) is 1. The van der Waals surface area contributed by atoms with E-state index in [1.165, 1.54) is 12.8 Å². The summed E-state index contributed by atoms with van der Waals surface area (Å²) in [4.78, 5) is 28.2. The van der Waals surface area contributed by atoms with E-state index >= 15 is 0 Å². The zero-order valence-electron chi connectivity index (χ0n) is 15.1. The summed E-state index contributed by atoms with van der Waals surface area (Å²) in [5.41, 5.74) is 1.16. The number of nitrogens with zero attached hydrogens (tertiary/aromatic N) is 2. The van der Waals surface area contributed by atoms with Crippen LogP contribution in [-0.4, -0.2) is 47.4 Å². The third-order valence-electron chi connectivity index (χ3n) is 5.30. The zero-order valence-corrected chi connectivity index (χ0v) is 15.1. The second-order valence-corrected chi connectivity index (χ2v) is 7.26. The SMILES string of the molecule is C[C@H](C1CC1)N(Cc1ccccc1)C(=O)NCCCN1CCCC1=O. The van der Waals surface area contributed by atoms with Gasteiger partial charge in [0.1, 0.15) is 0 Å². The van der Waals surface area contributed by atoms with Gasteiger partial charge in [-0.15, -0.1) is 0 Å². The first kappa shape index (κ1) is 17.8. The monoisotopic (exact) mass is 343 g/mol. The van der Waals surface area contributed by atoms with Gasteiger partial charge >= 0.3 is 6.03 Å². The van der Waals surface area contributed by atoms with Crippen LogP contribution in [0.2, 0.25) is 0 Å². The molecule has 0 bridgehead atoms. The van der Waals surface area contributed by atoms with Gasteiger partial charge in [-0.3, -0.25) is 4.79 Å². The Morgan fingerprint density at radius 1 is 1.32 bits per heavy atom. The molecule has 1 N–H and O–H groups in total. The molecule has 1 heterocycles. The van der Waals surface area contributed by atoms with Gasteiger partial charge in [-0.2, -0.15) is 0 Å². The molecule has 1 saturated heterocycles. The Morgan fingerprint density at radius 3 is 2.72 bits per heavy atom. The van der Waals surface area contributed by atoms with E-state index in [1.807, 2.05) is 28.0 Å². The zero-order chi connectivity index (χ0) is 17.6. The molecule has 3 amide bonds. The highest BCUT2D eigenvalue weighted by Crippen LogP contribution is 2.35. The van der Waals surface area contributed by atoms with Crippen LogP contribution in [0.5, 0.6) is 0 Å². The maximum atomic E-state index is 12.7. The van der Waals surface area contributed by atoms with Crippen LogP contribution in [-0.2, 0) is 11.3 Å². The molecule has 5 nitrogen and oxygen atoms in total. The second kappa shape index (κ2) is 8.37. The molecule has 1 saturated carbocycles. The molecule has 3 rings (SSSR count). The topological polar surface area (TPSA) is 52.7 Å². The van der Waals surface area contributed by atoms with Gasteiger partial charge in [0.2, 0.25) is 5.91 Å². The highest BCUT2D eigenvalue weighted by molar-refractivity contribution is 5.78. The number of urea groups is 1. The first-order chi connectivity index (χ1) is 12.1. The van der Waals surface area contributed by atoms with Crippen molar-refractivity contribution in [3.8, 4) is 0 Å². The quantitative estimate of drug-likeness (QED) is 0.738. The van der Waals surface area contributed by atoms with Crippen LogP contribution in [0, 0.1) is 5.92 Å². The number of carbonyl (C=O) groups excluding carboxylic acids is 2. The maximum absolute atomic E-state index is 12.7. The average Bonchev–Trinajstić information content (AvgIpc) is 3.40. The molecular weight excluding hydrogens is 314 g/mol. The Hall–Kier alpha value is -2.04.